The standard InChI is InChI=1S/C17H20N4O3/c1-11(2)13-9-14(23-20-13)17(22)18-10-16-19-15(21-24-16)8-12-6-4-3-5-7-12/h3-7,11,14H,8-10H2,1-2H3,(H,18,22)/t14-/m0/s1. The second-order valence-corrected chi connectivity index (χ2v) is 6.02. The van der Waals surface area contributed by atoms with Crippen LogP contribution in [-0.4, -0.2) is 27.9 Å². The van der Waals surface area contributed by atoms with Crippen LogP contribution in [0.2, 0.25) is 0 Å². The van der Waals surface area contributed by atoms with Gasteiger partial charge in [-0.05, 0) is 11.5 Å². The summed E-state index contributed by atoms with van der Waals surface area (Å²) in [6, 6.07) is 9.89. The SMILES string of the molecule is CC(C)C1=NO[C@H](C(=O)NCc2nc(Cc3ccccc3)no2)C1. The molecule has 2 heterocycles. The highest BCUT2D eigenvalue weighted by Crippen LogP contribution is 2.16. The van der Waals surface area contributed by atoms with Crippen LogP contribution in [0.1, 0.15) is 37.5 Å². The molecule has 0 radical (unpaired) electrons. The molecule has 0 bridgehead atoms. The summed E-state index contributed by atoms with van der Waals surface area (Å²) in [5, 5.41) is 10.6. The molecule has 0 spiro atoms. The van der Waals surface area contributed by atoms with Gasteiger partial charge in [-0.2, -0.15) is 4.98 Å². The van der Waals surface area contributed by atoms with E-state index in [2.05, 4.69) is 20.6 Å². The molecule has 126 valence electrons. The minimum Gasteiger partial charge on any atom is -0.382 e. The average molecular weight is 328 g/mol. The molecule has 24 heavy (non-hydrogen) atoms. The lowest BCUT2D eigenvalue weighted by atomic mass is 10.0. The van der Waals surface area contributed by atoms with Gasteiger partial charge in [0.1, 0.15) is 0 Å². The summed E-state index contributed by atoms with van der Waals surface area (Å²) in [7, 11) is 0. The van der Waals surface area contributed by atoms with Crippen molar-refractivity contribution in [3.8, 4) is 0 Å². The topological polar surface area (TPSA) is 89.6 Å². The first kappa shape index (κ1) is 16.2. The Morgan fingerprint density at radius 2 is 2.12 bits per heavy atom. The van der Waals surface area contributed by atoms with Crippen LogP contribution in [0, 0.1) is 5.92 Å². The number of carbonyl (C=O) groups excluding carboxylic acids is 1. The van der Waals surface area contributed by atoms with Crippen molar-refractivity contribution in [3.63, 3.8) is 0 Å². The Morgan fingerprint density at radius 3 is 2.83 bits per heavy atom. The number of carbonyl (C=O) groups is 1. The van der Waals surface area contributed by atoms with Gasteiger partial charge in [-0.15, -0.1) is 0 Å². The fourth-order valence-electron chi connectivity index (χ4n) is 2.37. The van der Waals surface area contributed by atoms with Gasteiger partial charge >= 0.3 is 0 Å². The predicted octanol–water partition coefficient (Wildman–Crippen LogP) is 2.08. The van der Waals surface area contributed by atoms with E-state index in [4.69, 9.17) is 9.36 Å². The van der Waals surface area contributed by atoms with Crippen molar-refractivity contribution in [1.82, 2.24) is 15.5 Å². The van der Waals surface area contributed by atoms with E-state index in [9.17, 15) is 4.79 Å². The highest BCUT2D eigenvalue weighted by molar-refractivity contribution is 5.93. The molecule has 1 aliphatic rings. The minimum atomic E-state index is -0.575. The zero-order chi connectivity index (χ0) is 16.9. The molecule has 1 aromatic carbocycles. The quantitative estimate of drug-likeness (QED) is 0.877. The third-order valence-electron chi connectivity index (χ3n) is 3.78. The fourth-order valence-corrected chi connectivity index (χ4v) is 2.37. The first-order valence-corrected chi connectivity index (χ1v) is 7.97. The van der Waals surface area contributed by atoms with Crippen molar-refractivity contribution in [3.05, 3.63) is 47.6 Å². The zero-order valence-electron chi connectivity index (χ0n) is 13.7. The molecule has 0 aliphatic carbocycles. The summed E-state index contributed by atoms with van der Waals surface area (Å²) in [4.78, 5) is 21.5. The summed E-state index contributed by atoms with van der Waals surface area (Å²) in [6.45, 7) is 4.22. The van der Waals surface area contributed by atoms with Gasteiger partial charge in [0.25, 0.3) is 5.91 Å². The lowest BCUT2D eigenvalue weighted by Gasteiger charge is -2.07. The van der Waals surface area contributed by atoms with E-state index >= 15 is 0 Å². The maximum Gasteiger partial charge on any atom is 0.264 e. The molecule has 1 aromatic heterocycles. The number of oxime groups is 1. The molecule has 2 aromatic rings. The summed E-state index contributed by atoms with van der Waals surface area (Å²) < 4.78 is 5.16. The van der Waals surface area contributed by atoms with E-state index < -0.39 is 6.10 Å². The lowest BCUT2D eigenvalue weighted by molar-refractivity contribution is -0.131. The van der Waals surface area contributed by atoms with Crippen molar-refractivity contribution < 1.29 is 14.2 Å². The predicted molar refractivity (Wildman–Crippen MR) is 87.2 cm³/mol. The normalized spacial score (nSPS) is 16.8. The van der Waals surface area contributed by atoms with Gasteiger partial charge in [0.15, 0.2) is 5.82 Å². The summed E-state index contributed by atoms with van der Waals surface area (Å²) in [6.07, 6.45) is 0.538. The number of rotatable bonds is 6. The maximum absolute atomic E-state index is 12.1. The van der Waals surface area contributed by atoms with Crippen LogP contribution in [0.3, 0.4) is 0 Å². The summed E-state index contributed by atoms with van der Waals surface area (Å²) in [5.41, 5.74) is 2.00. The lowest BCUT2D eigenvalue weighted by Crippen LogP contribution is -2.34. The van der Waals surface area contributed by atoms with Crippen LogP contribution < -0.4 is 5.32 Å². The first-order chi connectivity index (χ1) is 11.6. The number of nitrogens with one attached hydrogen (secondary N) is 1. The largest absolute Gasteiger partial charge is 0.382 e. The zero-order valence-corrected chi connectivity index (χ0v) is 13.7. The molecule has 0 unspecified atom stereocenters. The third kappa shape index (κ3) is 3.98. The summed E-state index contributed by atoms with van der Waals surface area (Å²) >= 11 is 0. The van der Waals surface area contributed by atoms with Gasteiger partial charge in [-0.25, -0.2) is 0 Å². The van der Waals surface area contributed by atoms with E-state index in [1.807, 2.05) is 44.2 Å². The van der Waals surface area contributed by atoms with Gasteiger partial charge in [0, 0.05) is 12.8 Å². The van der Waals surface area contributed by atoms with Crippen molar-refractivity contribution in [1.29, 1.82) is 0 Å². The van der Waals surface area contributed by atoms with Crippen molar-refractivity contribution >= 4 is 11.6 Å². The smallest absolute Gasteiger partial charge is 0.264 e. The third-order valence-corrected chi connectivity index (χ3v) is 3.78. The van der Waals surface area contributed by atoms with E-state index in [1.165, 1.54) is 0 Å². The Bertz CT molecular complexity index is 724. The number of benzene rings is 1. The Hall–Kier alpha value is -2.70. The van der Waals surface area contributed by atoms with Gasteiger partial charge < -0.3 is 14.7 Å². The van der Waals surface area contributed by atoms with Crippen molar-refractivity contribution in [2.75, 3.05) is 0 Å². The van der Waals surface area contributed by atoms with Crippen LogP contribution in [0.15, 0.2) is 40.0 Å². The van der Waals surface area contributed by atoms with Crippen LogP contribution in [-0.2, 0) is 22.6 Å². The molecule has 1 amide bonds. The van der Waals surface area contributed by atoms with E-state index in [0.717, 1.165) is 11.3 Å². The van der Waals surface area contributed by atoms with E-state index in [0.29, 0.717) is 24.6 Å². The van der Waals surface area contributed by atoms with Crippen LogP contribution in [0.4, 0.5) is 0 Å². The molecule has 7 heteroatoms. The highest BCUT2D eigenvalue weighted by atomic mass is 16.6. The van der Waals surface area contributed by atoms with Gasteiger partial charge in [-0.3, -0.25) is 4.79 Å². The van der Waals surface area contributed by atoms with E-state index in [-0.39, 0.29) is 18.4 Å². The van der Waals surface area contributed by atoms with Gasteiger partial charge in [0.2, 0.25) is 12.0 Å². The molecule has 7 nitrogen and oxygen atoms in total. The van der Waals surface area contributed by atoms with Gasteiger partial charge in [-0.1, -0.05) is 54.5 Å². The second kappa shape index (κ2) is 7.25. The molecule has 0 fully saturated rings. The molecule has 0 saturated heterocycles. The Morgan fingerprint density at radius 1 is 1.33 bits per heavy atom. The molecule has 1 N–H and O–H groups in total. The monoisotopic (exact) mass is 328 g/mol. The molecule has 3 rings (SSSR count). The summed E-state index contributed by atoms with van der Waals surface area (Å²) in [5.74, 6) is 1.02. The number of hydrogen-bond acceptors (Lipinski definition) is 6. The maximum atomic E-state index is 12.1. The molecular weight excluding hydrogens is 308 g/mol. The van der Waals surface area contributed by atoms with Crippen LogP contribution in [0.5, 0.6) is 0 Å². The van der Waals surface area contributed by atoms with Crippen molar-refractivity contribution in [2.45, 2.75) is 39.3 Å². The number of nitrogens with zero attached hydrogens (tertiary/aromatic N) is 3. The highest BCUT2D eigenvalue weighted by Gasteiger charge is 2.29. The second-order valence-electron chi connectivity index (χ2n) is 6.02. The number of aromatic nitrogens is 2. The Kier molecular flexibility index (Phi) is 4.88. The van der Waals surface area contributed by atoms with Gasteiger partial charge in [0.05, 0.1) is 12.3 Å². The Labute approximate surface area is 140 Å². The first-order valence-electron chi connectivity index (χ1n) is 7.97. The number of amides is 1. The average Bonchev–Trinajstić information content (AvgIpc) is 3.23. The molecule has 1 atom stereocenters. The van der Waals surface area contributed by atoms with Crippen LogP contribution in [0.25, 0.3) is 0 Å². The fraction of sp³-hybridized carbons (Fsp3) is 0.412. The molecule has 1 aliphatic heterocycles. The molecular formula is C17H20N4O3. The minimum absolute atomic E-state index is 0.178. The number of hydrogen-bond donors (Lipinski definition) is 1. The van der Waals surface area contributed by atoms with E-state index in [1.54, 1.807) is 0 Å². The van der Waals surface area contributed by atoms with Crippen LogP contribution >= 0.6 is 0 Å². The Balaban J connectivity index is 1.48. The van der Waals surface area contributed by atoms with Crippen molar-refractivity contribution in [2.24, 2.45) is 11.1 Å². The molecule has 0 saturated carbocycles.